The lowest BCUT2D eigenvalue weighted by atomic mass is 10.0. The Morgan fingerprint density at radius 3 is 2.37 bits per heavy atom. The highest BCUT2D eigenvalue weighted by Gasteiger charge is 2.11. The van der Waals surface area contributed by atoms with Crippen LogP contribution >= 0.6 is 22.9 Å². The highest BCUT2D eigenvalue weighted by Crippen LogP contribution is 2.29. The minimum atomic E-state index is -0.420. The Bertz CT molecular complexity index is 1160. The molecule has 0 aliphatic rings. The molecule has 4 aromatic rings. The van der Waals surface area contributed by atoms with Crippen LogP contribution in [0.3, 0.4) is 0 Å². The van der Waals surface area contributed by atoms with Gasteiger partial charge in [-0.25, -0.2) is 9.78 Å². The molecular weight excluding hydrogens is 418 g/mol. The summed E-state index contributed by atoms with van der Waals surface area (Å²) in [4.78, 5) is 16.9. The molecule has 2 N–H and O–H groups in total. The van der Waals surface area contributed by atoms with Crippen molar-refractivity contribution in [3.05, 3.63) is 83.2 Å². The zero-order valence-corrected chi connectivity index (χ0v) is 17.6. The Kier molecular flexibility index (Phi) is 5.97. The summed E-state index contributed by atoms with van der Waals surface area (Å²) in [6, 6.07) is 23.0. The van der Waals surface area contributed by atoms with Crippen molar-refractivity contribution < 1.29 is 9.53 Å². The number of ether oxygens (including phenoxy) is 1. The molecule has 0 aliphatic heterocycles. The first-order valence-electron chi connectivity index (χ1n) is 9.15. The maximum Gasteiger partial charge on any atom is 0.325 e. The Morgan fingerprint density at radius 1 is 0.933 bits per heavy atom. The summed E-state index contributed by atoms with van der Waals surface area (Å²) in [5, 5.41) is 8.39. The van der Waals surface area contributed by atoms with Gasteiger partial charge in [0.25, 0.3) is 0 Å². The molecule has 1 heterocycles. The van der Waals surface area contributed by atoms with Crippen molar-refractivity contribution >= 4 is 39.8 Å². The van der Waals surface area contributed by atoms with Gasteiger partial charge >= 0.3 is 6.03 Å². The number of urea groups is 1. The number of benzene rings is 3. The number of halogens is 1. The second-order valence-corrected chi connectivity index (χ2v) is 7.70. The molecule has 0 aliphatic carbocycles. The van der Waals surface area contributed by atoms with E-state index >= 15 is 0 Å². The van der Waals surface area contributed by atoms with E-state index in [2.05, 4.69) is 39.9 Å². The summed E-state index contributed by atoms with van der Waals surface area (Å²) in [5.74, 6) is 0.521. The summed E-state index contributed by atoms with van der Waals surface area (Å²) < 4.78 is 5.24. The predicted octanol–water partition coefficient (Wildman–Crippen LogP) is 6.78. The maximum absolute atomic E-state index is 12.4. The van der Waals surface area contributed by atoms with E-state index in [-0.39, 0.29) is 0 Å². The van der Waals surface area contributed by atoms with Gasteiger partial charge in [0.05, 0.1) is 18.5 Å². The van der Waals surface area contributed by atoms with Gasteiger partial charge < -0.3 is 10.1 Å². The highest BCUT2D eigenvalue weighted by atomic mass is 35.5. The number of methoxy groups -OCH3 is 1. The van der Waals surface area contributed by atoms with Crippen molar-refractivity contribution in [1.29, 1.82) is 0 Å². The summed E-state index contributed by atoms with van der Waals surface area (Å²) in [6.45, 7) is 0. The second kappa shape index (κ2) is 8.98. The van der Waals surface area contributed by atoms with Gasteiger partial charge in [0.1, 0.15) is 5.75 Å². The van der Waals surface area contributed by atoms with Crippen molar-refractivity contribution in [2.24, 2.45) is 0 Å². The lowest BCUT2D eigenvalue weighted by Gasteiger charge is -2.10. The molecule has 0 fully saturated rings. The third kappa shape index (κ3) is 4.62. The third-order valence-electron chi connectivity index (χ3n) is 4.42. The van der Waals surface area contributed by atoms with E-state index in [1.807, 2.05) is 35.7 Å². The van der Waals surface area contributed by atoms with Crippen molar-refractivity contribution in [2.45, 2.75) is 0 Å². The van der Waals surface area contributed by atoms with Gasteiger partial charge in [-0.1, -0.05) is 66.2 Å². The van der Waals surface area contributed by atoms with E-state index in [1.54, 1.807) is 18.2 Å². The SMILES string of the molecule is COc1ccc(Cl)cc1NC(=O)Nc1nc(-c2ccc(-c3ccccc3)cc2)cs1. The standard InChI is InChI=1S/C23H18ClN3O2S/c1-29-21-12-11-18(24)13-19(21)25-22(28)27-23-26-20(14-30-23)17-9-7-16(8-10-17)15-5-3-2-4-6-15/h2-14H,1H3,(H2,25,26,27,28). The summed E-state index contributed by atoms with van der Waals surface area (Å²) in [7, 11) is 1.53. The predicted molar refractivity (Wildman–Crippen MR) is 124 cm³/mol. The summed E-state index contributed by atoms with van der Waals surface area (Å²) >= 11 is 7.36. The van der Waals surface area contributed by atoms with Gasteiger partial charge in [0.15, 0.2) is 5.13 Å². The van der Waals surface area contributed by atoms with Crippen molar-refractivity contribution in [3.63, 3.8) is 0 Å². The topological polar surface area (TPSA) is 63.2 Å². The molecule has 4 rings (SSSR count). The van der Waals surface area contributed by atoms with E-state index in [9.17, 15) is 4.79 Å². The number of anilines is 2. The van der Waals surface area contributed by atoms with E-state index in [1.165, 1.54) is 18.4 Å². The normalized spacial score (nSPS) is 10.5. The number of rotatable bonds is 5. The third-order valence-corrected chi connectivity index (χ3v) is 5.41. The number of nitrogens with one attached hydrogen (secondary N) is 2. The van der Waals surface area contributed by atoms with Gasteiger partial charge in [0, 0.05) is 16.0 Å². The molecule has 2 amide bonds. The number of hydrogen-bond acceptors (Lipinski definition) is 4. The van der Waals surface area contributed by atoms with E-state index < -0.39 is 6.03 Å². The highest BCUT2D eigenvalue weighted by molar-refractivity contribution is 7.14. The Balaban J connectivity index is 1.44. The van der Waals surface area contributed by atoms with Crippen LogP contribution in [-0.4, -0.2) is 18.1 Å². The molecule has 30 heavy (non-hydrogen) atoms. The van der Waals surface area contributed by atoms with Gasteiger partial charge in [-0.15, -0.1) is 11.3 Å². The summed E-state index contributed by atoms with van der Waals surface area (Å²) in [6.07, 6.45) is 0. The number of amides is 2. The van der Waals surface area contributed by atoms with Crippen LogP contribution in [0.1, 0.15) is 0 Å². The minimum absolute atomic E-state index is 0.420. The minimum Gasteiger partial charge on any atom is -0.495 e. The molecule has 3 aromatic carbocycles. The molecule has 0 unspecified atom stereocenters. The lowest BCUT2D eigenvalue weighted by Crippen LogP contribution is -2.19. The number of nitrogens with zero attached hydrogens (tertiary/aromatic N) is 1. The van der Waals surface area contributed by atoms with Crippen LogP contribution in [0.4, 0.5) is 15.6 Å². The van der Waals surface area contributed by atoms with Gasteiger partial charge in [-0.3, -0.25) is 5.32 Å². The fourth-order valence-corrected chi connectivity index (χ4v) is 3.84. The molecule has 7 heteroatoms. The van der Waals surface area contributed by atoms with Crippen LogP contribution in [0.5, 0.6) is 5.75 Å². The Morgan fingerprint density at radius 2 is 1.63 bits per heavy atom. The maximum atomic E-state index is 12.4. The number of carbonyl (C=O) groups excluding carboxylic acids is 1. The molecule has 1 aromatic heterocycles. The first kappa shape index (κ1) is 19.9. The first-order valence-corrected chi connectivity index (χ1v) is 10.4. The summed E-state index contributed by atoms with van der Waals surface area (Å²) in [5.41, 5.74) is 4.57. The number of carbonyl (C=O) groups is 1. The largest absolute Gasteiger partial charge is 0.495 e. The second-order valence-electron chi connectivity index (χ2n) is 6.41. The molecule has 0 saturated carbocycles. The average molecular weight is 436 g/mol. The number of thiazole rings is 1. The van der Waals surface area contributed by atoms with E-state index in [0.29, 0.717) is 21.6 Å². The van der Waals surface area contributed by atoms with Crippen LogP contribution in [0.2, 0.25) is 5.02 Å². The van der Waals surface area contributed by atoms with Gasteiger partial charge in [-0.05, 0) is 29.3 Å². The van der Waals surface area contributed by atoms with Gasteiger partial charge in [0.2, 0.25) is 0 Å². The molecule has 0 saturated heterocycles. The Labute approximate surface area is 183 Å². The van der Waals surface area contributed by atoms with Crippen LogP contribution in [0, 0.1) is 0 Å². The molecule has 150 valence electrons. The van der Waals surface area contributed by atoms with E-state index in [0.717, 1.165) is 22.4 Å². The zero-order chi connectivity index (χ0) is 20.9. The van der Waals surface area contributed by atoms with Crippen molar-refractivity contribution in [3.8, 4) is 28.1 Å². The lowest BCUT2D eigenvalue weighted by molar-refractivity contribution is 0.262. The smallest absolute Gasteiger partial charge is 0.325 e. The molecule has 0 atom stereocenters. The fourth-order valence-electron chi connectivity index (χ4n) is 2.96. The number of hydrogen-bond donors (Lipinski definition) is 2. The molecule has 0 bridgehead atoms. The van der Waals surface area contributed by atoms with Crippen LogP contribution in [0.25, 0.3) is 22.4 Å². The first-order chi connectivity index (χ1) is 14.6. The van der Waals surface area contributed by atoms with E-state index in [4.69, 9.17) is 16.3 Å². The molecule has 0 radical (unpaired) electrons. The number of aromatic nitrogens is 1. The monoisotopic (exact) mass is 435 g/mol. The van der Waals surface area contributed by atoms with Gasteiger partial charge in [-0.2, -0.15) is 0 Å². The average Bonchev–Trinajstić information content (AvgIpc) is 3.23. The fraction of sp³-hybridized carbons (Fsp3) is 0.0435. The van der Waals surface area contributed by atoms with Crippen molar-refractivity contribution in [2.75, 3.05) is 17.7 Å². The quantitative estimate of drug-likeness (QED) is 0.363. The molecule has 5 nitrogen and oxygen atoms in total. The Hall–Kier alpha value is -3.35. The molecule has 0 spiro atoms. The van der Waals surface area contributed by atoms with Crippen LogP contribution in [-0.2, 0) is 0 Å². The van der Waals surface area contributed by atoms with Crippen LogP contribution in [0.15, 0.2) is 78.2 Å². The molecular formula is C23H18ClN3O2S. The van der Waals surface area contributed by atoms with Crippen molar-refractivity contribution in [1.82, 2.24) is 4.98 Å². The van der Waals surface area contributed by atoms with Crippen LogP contribution < -0.4 is 15.4 Å². The zero-order valence-electron chi connectivity index (χ0n) is 16.1.